The highest BCUT2D eigenvalue weighted by atomic mass is 16.5. The van der Waals surface area contributed by atoms with Crippen LogP contribution in [0.3, 0.4) is 0 Å². The molecule has 0 radical (unpaired) electrons. The summed E-state index contributed by atoms with van der Waals surface area (Å²) in [6.07, 6.45) is 1.13. The summed E-state index contributed by atoms with van der Waals surface area (Å²) in [4.78, 5) is 41.0. The van der Waals surface area contributed by atoms with Gasteiger partial charge in [-0.3, -0.25) is 4.79 Å². The van der Waals surface area contributed by atoms with Crippen LogP contribution in [0.25, 0.3) is 22.4 Å². The number of H-pyrrole nitrogens is 1. The predicted octanol–water partition coefficient (Wildman–Crippen LogP) is 1.67. The van der Waals surface area contributed by atoms with Gasteiger partial charge in [-0.05, 0) is 12.1 Å². The molecule has 8 nitrogen and oxygen atoms in total. The molecule has 0 amide bonds. The zero-order chi connectivity index (χ0) is 16.6. The number of carboxylic acids is 1. The number of fused-ring (bicyclic) bond motifs is 1. The van der Waals surface area contributed by atoms with Crippen molar-refractivity contribution < 1.29 is 23.8 Å². The molecule has 116 valence electrons. The Bertz CT molecular complexity index is 968. The molecule has 0 aliphatic carbocycles. The molecule has 0 atom stereocenters. The summed E-state index contributed by atoms with van der Waals surface area (Å²) in [5, 5.41) is 9.27. The number of aromatic carboxylic acids is 1. The van der Waals surface area contributed by atoms with E-state index in [1.807, 2.05) is 0 Å². The third-order valence-electron chi connectivity index (χ3n) is 3.28. The number of hydrogen-bond acceptors (Lipinski definition) is 6. The van der Waals surface area contributed by atoms with E-state index in [0.717, 1.165) is 6.33 Å². The van der Waals surface area contributed by atoms with Crippen molar-refractivity contribution >= 4 is 23.0 Å². The van der Waals surface area contributed by atoms with Crippen LogP contribution < -0.4 is 5.56 Å². The van der Waals surface area contributed by atoms with Gasteiger partial charge in [-0.25, -0.2) is 14.6 Å². The van der Waals surface area contributed by atoms with Gasteiger partial charge in [0.25, 0.3) is 5.56 Å². The normalized spacial score (nSPS) is 10.7. The van der Waals surface area contributed by atoms with Gasteiger partial charge < -0.3 is 19.2 Å². The van der Waals surface area contributed by atoms with Gasteiger partial charge in [0.2, 0.25) is 5.71 Å². The van der Waals surface area contributed by atoms with Crippen LogP contribution in [0.1, 0.15) is 20.7 Å². The van der Waals surface area contributed by atoms with E-state index in [9.17, 15) is 19.5 Å². The van der Waals surface area contributed by atoms with Gasteiger partial charge in [0, 0.05) is 5.56 Å². The lowest BCUT2D eigenvalue weighted by molar-refractivity contribution is 0.0599. The van der Waals surface area contributed by atoms with Gasteiger partial charge in [-0.15, -0.1) is 0 Å². The fraction of sp³-hybridized carbons (Fsp3) is 0.0667. The summed E-state index contributed by atoms with van der Waals surface area (Å²) >= 11 is 0. The number of nitrogens with zero attached hydrogens (tertiary/aromatic N) is 1. The van der Waals surface area contributed by atoms with Gasteiger partial charge in [0.05, 0.1) is 19.0 Å². The van der Waals surface area contributed by atoms with Crippen molar-refractivity contribution in [3.63, 3.8) is 0 Å². The number of carbonyl (C=O) groups is 2. The molecule has 0 saturated carbocycles. The summed E-state index contributed by atoms with van der Waals surface area (Å²) in [7, 11) is 1.26. The minimum atomic E-state index is -1.31. The monoisotopic (exact) mass is 314 g/mol. The molecule has 0 spiro atoms. The highest BCUT2D eigenvalue weighted by molar-refractivity contribution is 6.07. The second-order valence-corrected chi connectivity index (χ2v) is 4.59. The zero-order valence-corrected chi connectivity index (χ0v) is 11.8. The second kappa shape index (κ2) is 5.41. The number of esters is 1. The van der Waals surface area contributed by atoms with E-state index in [1.165, 1.54) is 31.4 Å². The van der Waals surface area contributed by atoms with Crippen LogP contribution in [0, 0.1) is 0 Å². The minimum absolute atomic E-state index is 0.00637. The quantitative estimate of drug-likeness (QED) is 0.705. The number of methoxy groups -OCH3 is 1. The van der Waals surface area contributed by atoms with Crippen LogP contribution in [-0.4, -0.2) is 34.1 Å². The highest BCUT2D eigenvalue weighted by Gasteiger charge is 2.24. The average molecular weight is 314 g/mol. The molecule has 1 aromatic carbocycles. The van der Waals surface area contributed by atoms with Gasteiger partial charge >= 0.3 is 11.9 Å². The molecule has 0 saturated heterocycles. The summed E-state index contributed by atoms with van der Waals surface area (Å²) in [5.41, 5.74) is -0.250. The van der Waals surface area contributed by atoms with E-state index in [4.69, 9.17) is 4.42 Å². The fourth-order valence-corrected chi connectivity index (χ4v) is 2.23. The maximum absolute atomic E-state index is 11.9. The molecule has 0 unspecified atom stereocenters. The molecule has 3 rings (SSSR count). The Morgan fingerprint density at radius 3 is 2.57 bits per heavy atom. The van der Waals surface area contributed by atoms with Crippen LogP contribution in [0.2, 0.25) is 0 Å². The van der Waals surface area contributed by atoms with Crippen molar-refractivity contribution in [3.8, 4) is 11.3 Å². The molecule has 3 aromatic rings. The number of carboxylic acid groups (broad SMARTS) is 1. The molecular weight excluding hydrogens is 304 g/mol. The molecule has 8 heteroatoms. The SMILES string of the molecule is COC(=O)c1ccc(-c2oc3nc[nH]c(=O)c3c2C(=O)O)cc1. The molecule has 2 heterocycles. The third kappa shape index (κ3) is 2.35. The lowest BCUT2D eigenvalue weighted by atomic mass is 10.1. The van der Waals surface area contributed by atoms with Gasteiger partial charge in [-0.1, -0.05) is 12.1 Å². The zero-order valence-electron chi connectivity index (χ0n) is 11.8. The first-order chi connectivity index (χ1) is 11.0. The van der Waals surface area contributed by atoms with Crippen LogP contribution >= 0.6 is 0 Å². The maximum atomic E-state index is 11.9. The predicted molar refractivity (Wildman–Crippen MR) is 78.4 cm³/mol. The van der Waals surface area contributed by atoms with Crippen LogP contribution in [0.4, 0.5) is 0 Å². The number of furan rings is 1. The Balaban J connectivity index is 2.22. The van der Waals surface area contributed by atoms with E-state index < -0.39 is 17.5 Å². The highest BCUT2D eigenvalue weighted by Crippen LogP contribution is 2.31. The lowest BCUT2D eigenvalue weighted by Gasteiger charge is -2.02. The molecule has 0 aliphatic heterocycles. The summed E-state index contributed by atoms with van der Waals surface area (Å²) < 4.78 is 10.0. The molecule has 0 fully saturated rings. The second-order valence-electron chi connectivity index (χ2n) is 4.59. The van der Waals surface area contributed by atoms with Crippen LogP contribution in [-0.2, 0) is 4.74 Å². The first-order valence-electron chi connectivity index (χ1n) is 6.45. The Morgan fingerprint density at radius 1 is 1.26 bits per heavy atom. The number of carbonyl (C=O) groups excluding carboxylic acids is 1. The van der Waals surface area contributed by atoms with Crippen molar-refractivity contribution in [2.75, 3.05) is 7.11 Å². The Kier molecular flexibility index (Phi) is 3.41. The number of ether oxygens (including phenoxy) is 1. The minimum Gasteiger partial charge on any atom is -0.478 e. The number of aromatic amines is 1. The first-order valence-corrected chi connectivity index (χ1v) is 6.45. The van der Waals surface area contributed by atoms with Crippen LogP contribution in [0.15, 0.2) is 39.8 Å². The van der Waals surface area contributed by atoms with Crippen LogP contribution in [0.5, 0.6) is 0 Å². The number of nitrogens with one attached hydrogen (secondary N) is 1. The van der Waals surface area contributed by atoms with Crippen molar-refractivity contribution in [1.82, 2.24) is 9.97 Å². The summed E-state index contributed by atoms with van der Waals surface area (Å²) in [6.45, 7) is 0. The van der Waals surface area contributed by atoms with E-state index in [-0.39, 0.29) is 22.4 Å². The first kappa shape index (κ1) is 14.5. The molecule has 2 aromatic heterocycles. The molecule has 0 aliphatic rings. The Labute approximate surface area is 128 Å². The third-order valence-corrected chi connectivity index (χ3v) is 3.28. The summed E-state index contributed by atoms with van der Waals surface area (Å²) in [5.74, 6) is -1.83. The van der Waals surface area contributed by atoms with E-state index in [0.29, 0.717) is 11.1 Å². The molecule has 0 bridgehead atoms. The van der Waals surface area contributed by atoms with Gasteiger partial charge in [0.1, 0.15) is 10.9 Å². The molecule has 2 N–H and O–H groups in total. The maximum Gasteiger partial charge on any atom is 0.340 e. The van der Waals surface area contributed by atoms with Crippen molar-refractivity contribution in [3.05, 3.63) is 52.1 Å². The largest absolute Gasteiger partial charge is 0.478 e. The van der Waals surface area contributed by atoms with Crippen molar-refractivity contribution in [2.45, 2.75) is 0 Å². The number of rotatable bonds is 3. The summed E-state index contributed by atoms with van der Waals surface area (Å²) in [6, 6.07) is 5.95. The number of aromatic nitrogens is 2. The van der Waals surface area contributed by atoms with Crippen molar-refractivity contribution in [1.29, 1.82) is 0 Å². The van der Waals surface area contributed by atoms with E-state index >= 15 is 0 Å². The van der Waals surface area contributed by atoms with Crippen molar-refractivity contribution in [2.24, 2.45) is 0 Å². The average Bonchev–Trinajstić information content (AvgIpc) is 2.95. The number of benzene rings is 1. The van der Waals surface area contributed by atoms with Gasteiger partial charge in [0.15, 0.2) is 5.76 Å². The van der Waals surface area contributed by atoms with Gasteiger partial charge in [-0.2, -0.15) is 0 Å². The Morgan fingerprint density at radius 2 is 1.96 bits per heavy atom. The lowest BCUT2D eigenvalue weighted by Crippen LogP contribution is -2.09. The molecular formula is C15H10N2O6. The standard InChI is InChI=1S/C15H10N2O6/c1-22-15(21)8-4-2-7(3-5-8)11-9(14(19)20)10-12(18)16-6-17-13(10)23-11/h2-6H,1H3,(H,19,20)(H,16,17,18). The topological polar surface area (TPSA) is 122 Å². The smallest absolute Gasteiger partial charge is 0.340 e. The Hall–Kier alpha value is -3.42. The van der Waals surface area contributed by atoms with E-state index in [1.54, 1.807) is 0 Å². The van der Waals surface area contributed by atoms with E-state index in [2.05, 4.69) is 14.7 Å². The number of hydrogen-bond donors (Lipinski definition) is 2. The fourth-order valence-electron chi connectivity index (χ4n) is 2.23. The molecule has 23 heavy (non-hydrogen) atoms.